The summed E-state index contributed by atoms with van der Waals surface area (Å²) in [5.74, 6) is 0.593. The van der Waals surface area contributed by atoms with E-state index in [0.29, 0.717) is 32.6 Å². The number of rotatable bonds is 6. The molecule has 0 aliphatic heterocycles. The Balaban J connectivity index is 1.99. The highest BCUT2D eigenvalue weighted by molar-refractivity contribution is 9.10. The van der Waals surface area contributed by atoms with Crippen molar-refractivity contribution in [2.45, 2.75) is 20.0 Å². The van der Waals surface area contributed by atoms with Gasteiger partial charge in [-0.05, 0) is 37.3 Å². The first-order chi connectivity index (χ1) is 13.9. The minimum atomic E-state index is -0.533. The quantitative estimate of drug-likeness (QED) is 0.608. The zero-order valence-corrected chi connectivity index (χ0v) is 17.8. The number of benzene rings is 2. The van der Waals surface area contributed by atoms with E-state index in [0.717, 1.165) is 4.57 Å². The number of halogens is 1. The van der Waals surface area contributed by atoms with Gasteiger partial charge in [0.05, 0.1) is 25.1 Å². The molecule has 3 rings (SSSR count). The standard InChI is InChI=1S/C20H20BrN3O5/c1-4-23-19(26)14-9-12(21)5-7-15(14)24(20(23)27)11-18(25)22-13-6-8-16(28-2)17(10-13)29-3/h5-10H,4,11H2,1-3H3,(H,22,25). The van der Waals surface area contributed by atoms with Crippen molar-refractivity contribution < 1.29 is 14.3 Å². The van der Waals surface area contributed by atoms with Crippen LogP contribution in [0.3, 0.4) is 0 Å². The number of hydrogen-bond donors (Lipinski definition) is 1. The van der Waals surface area contributed by atoms with Crippen LogP contribution >= 0.6 is 15.9 Å². The molecule has 152 valence electrons. The lowest BCUT2D eigenvalue weighted by Gasteiger charge is -2.14. The fourth-order valence-electron chi connectivity index (χ4n) is 3.09. The van der Waals surface area contributed by atoms with E-state index >= 15 is 0 Å². The molecule has 0 atom stereocenters. The van der Waals surface area contributed by atoms with Gasteiger partial charge in [-0.2, -0.15) is 0 Å². The predicted molar refractivity (Wildman–Crippen MR) is 114 cm³/mol. The summed E-state index contributed by atoms with van der Waals surface area (Å²) in [5.41, 5.74) is -0.0212. The Hall–Kier alpha value is -3.07. The van der Waals surface area contributed by atoms with E-state index in [1.54, 1.807) is 43.3 Å². The molecular formula is C20H20BrN3O5. The second-order valence-electron chi connectivity index (χ2n) is 6.20. The third-order valence-electron chi connectivity index (χ3n) is 4.47. The molecule has 0 fully saturated rings. The van der Waals surface area contributed by atoms with Crippen LogP contribution in [0.5, 0.6) is 11.5 Å². The molecule has 0 saturated carbocycles. The molecule has 0 bridgehead atoms. The number of hydrogen-bond acceptors (Lipinski definition) is 5. The van der Waals surface area contributed by atoms with Crippen molar-refractivity contribution in [2.75, 3.05) is 19.5 Å². The summed E-state index contributed by atoms with van der Waals surface area (Å²) in [7, 11) is 3.02. The molecule has 1 aromatic heterocycles. The van der Waals surface area contributed by atoms with E-state index in [9.17, 15) is 14.4 Å². The van der Waals surface area contributed by atoms with Crippen LogP contribution in [0.15, 0.2) is 50.5 Å². The Kier molecular flexibility index (Phi) is 6.07. The summed E-state index contributed by atoms with van der Waals surface area (Å²) in [6.45, 7) is 1.67. The summed E-state index contributed by atoms with van der Waals surface area (Å²) in [4.78, 5) is 38.0. The molecule has 0 saturated heterocycles. The Labute approximate surface area is 174 Å². The Morgan fingerprint density at radius 3 is 2.41 bits per heavy atom. The number of nitrogens with zero attached hydrogens (tertiary/aromatic N) is 2. The molecule has 9 heteroatoms. The van der Waals surface area contributed by atoms with Gasteiger partial charge in [0.2, 0.25) is 5.91 Å². The van der Waals surface area contributed by atoms with Gasteiger partial charge in [0.25, 0.3) is 5.56 Å². The maximum atomic E-state index is 12.8. The molecule has 1 N–H and O–H groups in total. The average Bonchev–Trinajstić information content (AvgIpc) is 2.71. The van der Waals surface area contributed by atoms with Crippen LogP contribution < -0.4 is 26.0 Å². The van der Waals surface area contributed by atoms with Crippen molar-refractivity contribution in [3.8, 4) is 11.5 Å². The smallest absolute Gasteiger partial charge is 0.331 e. The lowest BCUT2D eigenvalue weighted by Crippen LogP contribution is -2.41. The van der Waals surface area contributed by atoms with Crippen LogP contribution in [-0.2, 0) is 17.9 Å². The molecule has 0 spiro atoms. The van der Waals surface area contributed by atoms with Crippen molar-refractivity contribution in [3.63, 3.8) is 0 Å². The molecule has 2 aromatic carbocycles. The topological polar surface area (TPSA) is 91.6 Å². The number of carbonyl (C=O) groups is 1. The molecule has 1 amide bonds. The van der Waals surface area contributed by atoms with Gasteiger partial charge >= 0.3 is 5.69 Å². The van der Waals surface area contributed by atoms with Crippen LogP contribution in [0.2, 0.25) is 0 Å². The summed E-state index contributed by atoms with van der Waals surface area (Å²) in [5, 5.41) is 3.10. The predicted octanol–water partition coefficient (Wildman–Crippen LogP) is 2.60. The summed E-state index contributed by atoms with van der Waals surface area (Å²) in [6.07, 6.45) is 0. The highest BCUT2D eigenvalue weighted by Gasteiger charge is 2.15. The highest BCUT2D eigenvalue weighted by atomic mass is 79.9. The normalized spacial score (nSPS) is 10.8. The van der Waals surface area contributed by atoms with Crippen LogP contribution in [0, 0.1) is 0 Å². The largest absolute Gasteiger partial charge is 0.493 e. The zero-order chi connectivity index (χ0) is 21.1. The van der Waals surface area contributed by atoms with Crippen LogP contribution in [0.1, 0.15) is 6.92 Å². The van der Waals surface area contributed by atoms with Gasteiger partial charge in [-0.3, -0.25) is 18.7 Å². The van der Waals surface area contributed by atoms with E-state index in [4.69, 9.17) is 9.47 Å². The summed E-state index contributed by atoms with van der Waals surface area (Å²) >= 11 is 3.34. The Morgan fingerprint density at radius 1 is 1.03 bits per heavy atom. The fourth-order valence-corrected chi connectivity index (χ4v) is 3.45. The van der Waals surface area contributed by atoms with E-state index in [-0.39, 0.29) is 18.6 Å². The molecule has 1 heterocycles. The number of methoxy groups -OCH3 is 2. The molecule has 0 aliphatic carbocycles. The fraction of sp³-hybridized carbons (Fsp3) is 0.250. The maximum absolute atomic E-state index is 12.8. The third-order valence-corrected chi connectivity index (χ3v) is 4.97. The van der Waals surface area contributed by atoms with E-state index in [2.05, 4.69) is 21.2 Å². The van der Waals surface area contributed by atoms with Gasteiger partial charge in [0, 0.05) is 22.8 Å². The molecule has 29 heavy (non-hydrogen) atoms. The number of nitrogens with one attached hydrogen (secondary N) is 1. The number of carbonyl (C=O) groups excluding carboxylic acids is 1. The Bertz CT molecular complexity index is 1200. The molecule has 8 nitrogen and oxygen atoms in total. The lowest BCUT2D eigenvalue weighted by atomic mass is 10.2. The van der Waals surface area contributed by atoms with Crippen molar-refractivity contribution in [1.29, 1.82) is 0 Å². The van der Waals surface area contributed by atoms with Gasteiger partial charge in [-0.25, -0.2) is 4.79 Å². The number of aromatic nitrogens is 2. The van der Waals surface area contributed by atoms with Crippen LogP contribution in [-0.4, -0.2) is 29.3 Å². The van der Waals surface area contributed by atoms with Gasteiger partial charge < -0.3 is 14.8 Å². The third kappa shape index (κ3) is 4.04. The van der Waals surface area contributed by atoms with Gasteiger partial charge in [0.1, 0.15) is 6.54 Å². The van der Waals surface area contributed by atoms with Crippen molar-refractivity contribution >= 4 is 38.4 Å². The van der Waals surface area contributed by atoms with E-state index in [1.807, 2.05) is 0 Å². The molecular weight excluding hydrogens is 442 g/mol. The summed E-state index contributed by atoms with van der Waals surface area (Å²) in [6, 6.07) is 9.98. The monoisotopic (exact) mass is 461 g/mol. The second kappa shape index (κ2) is 8.52. The van der Waals surface area contributed by atoms with E-state index < -0.39 is 11.6 Å². The minimum absolute atomic E-state index is 0.206. The van der Waals surface area contributed by atoms with Crippen molar-refractivity contribution in [1.82, 2.24) is 9.13 Å². The highest BCUT2D eigenvalue weighted by Crippen LogP contribution is 2.29. The zero-order valence-electron chi connectivity index (χ0n) is 16.2. The number of anilines is 1. The van der Waals surface area contributed by atoms with E-state index in [1.165, 1.54) is 18.8 Å². The molecule has 0 unspecified atom stereocenters. The molecule has 0 radical (unpaired) electrons. The first-order valence-corrected chi connectivity index (χ1v) is 9.63. The Morgan fingerprint density at radius 2 is 1.76 bits per heavy atom. The van der Waals surface area contributed by atoms with Gasteiger partial charge in [-0.1, -0.05) is 15.9 Å². The van der Waals surface area contributed by atoms with Crippen molar-refractivity contribution in [3.05, 3.63) is 61.7 Å². The average molecular weight is 462 g/mol. The number of ether oxygens (including phenoxy) is 2. The minimum Gasteiger partial charge on any atom is -0.493 e. The maximum Gasteiger partial charge on any atom is 0.331 e. The lowest BCUT2D eigenvalue weighted by molar-refractivity contribution is -0.116. The second-order valence-corrected chi connectivity index (χ2v) is 7.11. The number of fused-ring (bicyclic) bond motifs is 1. The molecule has 0 aliphatic rings. The van der Waals surface area contributed by atoms with Gasteiger partial charge in [0.15, 0.2) is 11.5 Å². The van der Waals surface area contributed by atoms with Crippen LogP contribution in [0.4, 0.5) is 5.69 Å². The SMILES string of the molecule is CCn1c(=O)c2cc(Br)ccc2n(CC(=O)Nc2ccc(OC)c(OC)c2)c1=O. The molecule has 3 aromatic rings. The first kappa shape index (κ1) is 20.7. The first-order valence-electron chi connectivity index (χ1n) is 8.84. The van der Waals surface area contributed by atoms with Crippen molar-refractivity contribution in [2.24, 2.45) is 0 Å². The van der Waals surface area contributed by atoms with Gasteiger partial charge in [-0.15, -0.1) is 0 Å². The number of amides is 1. The van der Waals surface area contributed by atoms with Crippen LogP contribution in [0.25, 0.3) is 10.9 Å². The summed E-state index contributed by atoms with van der Waals surface area (Å²) < 4.78 is 13.5.